The van der Waals surface area contributed by atoms with E-state index in [4.69, 9.17) is 9.47 Å². The smallest absolute Gasteiger partial charge is 0.416 e. The molecular formula is C35H48N2O8. The molecule has 2 aliphatic heterocycles. The number of carbonyl (C=O) groups excluding carboxylic acids is 5. The molecule has 2 aliphatic rings. The van der Waals surface area contributed by atoms with Crippen molar-refractivity contribution in [2.75, 3.05) is 13.2 Å². The van der Waals surface area contributed by atoms with Crippen LogP contribution in [0.2, 0.25) is 0 Å². The van der Waals surface area contributed by atoms with Crippen molar-refractivity contribution in [3.8, 4) is 0 Å². The third-order valence-electron chi connectivity index (χ3n) is 7.05. The highest BCUT2D eigenvalue weighted by atomic mass is 16.6. The Morgan fingerprint density at radius 3 is 1.73 bits per heavy atom. The summed E-state index contributed by atoms with van der Waals surface area (Å²) in [5, 5.41) is 2.74. The number of unbranched alkanes of at least 4 members (excludes halogenated alkanes) is 3. The molecule has 0 aliphatic carbocycles. The Morgan fingerprint density at radius 2 is 1.24 bits per heavy atom. The van der Waals surface area contributed by atoms with Crippen LogP contribution < -0.4 is 5.32 Å². The van der Waals surface area contributed by atoms with E-state index in [1.54, 1.807) is 0 Å². The average Bonchev–Trinajstić information content (AvgIpc) is 3.63. The van der Waals surface area contributed by atoms with Gasteiger partial charge in [-0.3, -0.25) is 14.4 Å². The minimum Gasteiger partial charge on any atom is -0.447 e. The van der Waals surface area contributed by atoms with Crippen molar-refractivity contribution in [1.29, 1.82) is 0 Å². The van der Waals surface area contributed by atoms with Crippen LogP contribution in [-0.4, -0.2) is 60.2 Å². The van der Waals surface area contributed by atoms with Gasteiger partial charge in [0.25, 0.3) is 0 Å². The fourth-order valence-corrected chi connectivity index (χ4v) is 4.56. The van der Waals surface area contributed by atoms with Gasteiger partial charge in [0, 0.05) is 19.3 Å². The molecule has 2 aromatic carbocycles. The lowest BCUT2D eigenvalue weighted by Crippen LogP contribution is -2.40. The average molecular weight is 625 g/mol. The molecule has 45 heavy (non-hydrogen) atoms. The number of hydrogen-bond acceptors (Lipinski definition) is 8. The summed E-state index contributed by atoms with van der Waals surface area (Å²) in [5.74, 6) is -0.892. The molecule has 0 saturated carbocycles. The first kappa shape index (κ1) is 37.0. The van der Waals surface area contributed by atoms with Gasteiger partial charge < -0.3 is 19.5 Å². The van der Waals surface area contributed by atoms with E-state index in [2.05, 4.69) is 10.1 Å². The van der Waals surface area contributed by atoms with Crippen molar-refractivity contribution in [2.45, 2.75) is 103 Å². The molecule has 0 unspecified atom stereocenters. The van der Waals surface area contributed by atoms with Gasteiger partial charge in [-0.25, -0.2) is 14.5 Å². The first-order valence-corrected chi connectivity index (χ1v) is 16.0. The maximum Gasteiger partial charge on any atom is 0.416 e. The number of amides is 3. The third kappa shape index (κ3) is 14.9. The van der Waals surface area contributed by atoms with Crippen LogP contribution in [0.3, 0.4) is 0 Å². The number of carbonyl (C=O) groups is 5. The Labute approximate surface area is 266 Å². The molecule has 1 N–H and O–H groups in total. The Morgan fingerprint density at radius 1 is 0.733 bits per heavy atom. The van der Waals surface area contributed by atoms with E-state index in [0.29, 0.717) is 38.9 Å². The van der Waals surface area contributed by atoms with E-state index in [1.165, 1.54) is 10.5 Å². The highest BCUT2D eigenvalue weighted by Gasteiger charge is 2.37. The number of imide groups is 1. The van der Waals surface area contributed by atoms with Crippen molar-refractivity contribution >= 4 is 30.0 Å². The number of esters is 2. The summed E-state index contributed by atoms with van der Waals surface area (Å²) >= 11 is 0. The largest absolute Gasteiger partial charge is 0.447 e. The van der Waals surface area contributed by atoms with Gasteiger partial charge in [-0.2, -0.15) is 0 Å². The molecule has 0 radical (unpaired) electrons. The first-order chi connectivity index (χ1) is 21.8. The normalized spacial score (nSPS) is 16.6. The summed E-state index contributed by atoms with van der Waals surface area (Å²) < 4.78 is 14.4. The minimum atomic E-state index is -0.498. The van der Waals surface area contributed by atoms with Crippen LogP contribution >= 0.6 is 0 Å². The summed E-state index contributed by atoms with van der Waals surface area (Å²) in [6, 6.07) is 19.9. The van der Waals surface area contributed by atoms with E-state index in [0.717, 1.165) is 50.5 Å². The van der Waals surface area contributed by atoms with Gasteiger partial charge in [0.15, 0.2) is 0 Å². The molecule has 2 heterocycles. The molecule has 2 atom stereocenters. The van der Waals surface area contributed by atoms with Crippen LogP contribution in [0.25, 0.3) is 0 Å². The van der Waals surface area contributed by atoms with Crippen LogP contribution in [0.1, 0.15) is 89.7 Å². The molecular weight excluding hydrogens is 576 g/mol. The lowest BCUT2D eigenvalue weighted by Gasteiger charge is -2.19. The predicted octanol–water partition coefficient (Wildman–Crippen LogP) is 6.54. The summed E-state index contributed by atoms with van der Waals surface area (Å²) in [6.07, 6.45) is 7.04. The molecule has 10 heteroatoms. The Bertz CT molecular complexity index is 1170. The topological polar surface area (TPSA) is 128 Å². The number of cyclic esters (lactones) is 2. The summed E-state index contributed by atoms with van der Waals surface area (Å²) in [5.41, 5.74) is 2.33. The van der Waals surface area contributed by atoms with E-state index >= 15 is 0 Å². The second-order valence-electron chi connectivity index (χ2n) is 11.0. The van der Waals surface area contributed by atoms with Crippen molar-refractivity contribution in [3.63, 3.8) is 0 Å². The maximum absolute atomic E-state index is 12.0. The lowest BCUT2D eigenvalue weighted by atomic mass is 10.1. The second kappa shape index (κ2) is 21.5. The molecule has 3 amide bonds. The van der Waals surface area contributed by atoms with E-state index < -0.39 is 6.09 Å². The highest BCUT2D eigenvalue weighted by molar-refractivity contribution is 5.93. The van der Waals surface area contributed by atoms with Crippen LogP contribution in [0.15, 0.2) is 60.7 Å². The molecule has 0 bridgehead atoms. The Hall–Kier alpha value is -4.21. The van der Waals surface area contributed by atoms with Crippen LogP contribution in [0.5, 0.6) is 0 Å². The molecule has 2 saturated heterocycles. The van der Waals surface area contributed by atoms with E-state index in [1.807, 2.05) is 81.4 Å². The maximum atomic E-state index is 12.0. The first-order valence-electron chi connectivity index (χ1n) is 16.0. The van der Waals surface area contributed by atoms with Gasteiger partial charge in [-0.15, -0.1) is 0 Å². The zero-order valence-corrected chi connectivity index (χ0v) is 26.8. The molecule has 2 fully saturated rings. The second-order valence-corrected chi connectivity index (χ2v) is 11.0. The third-order valence-corrected chi connectivity index (χ3v) is 7.05. The SMILES string of the molecule is CCCCC(=O)N1C(=O)OC[C@@H]1Cc1ccccc1.CCCCC(=O)OC(=O)CCCC.O=C1N[C@@H](Cc2ccccc2)CO1. The number of nitrogens with one attached hydrogen (secondary N) is 1. The minimum absolute atomic E-state index is 0.120. The van der Waals surface area contributed by atoms with Crippen molar-refractivity contribution in [3.05, 3.63) is 71.8 Å². The quantitative estimate of drug-likeness (QED) is 0.151. The summed E-state index contributed by atoms with van der Waals surface area (Å²) in [6.45, 7) is 6.79. The van der Waals surface area contributed by atoms with Crippen molar-refractivity contribution in [2.24, 2.45) is 0 Å². The summed E-state index contributed by atoms with van der Waals surface area (Å²) in [4.78, 5) is 57.6. The zero-order chi connectivity index (χ0) is 32.9. The van der Waals surface area contributed by atoms with Gasteiger partial charge in [0.2, 0.25) is 5.91 Å². The number of rotatable bonds is 13. The van der Waals surface area contributed by atoms with Gasteiger partial charge >= 0.3 is 24.1 Å². The highest BCUT2D eigenvalue weighted by Crippen LogP contribution is 2.19. The number of ether oxygens (including phenoxy) is 3. The molecule has 10 nitrogen and oxygen atoms in total. The zero-order valence-electron chi connectivity index (χ0n) is 26.8. The molecule has 4 rings (SSSR count). The van der Waals surface area contributed by atoms with Crippen molar-refractivity contribution in [1.82, 2.24) is 10.2 Å². The molecule has 2 aromatic rings. The summed E-state index contributed by atoms with van der Waals surface area (Å²) in [7, 11) is 0. The molecule has 0 spiro atoms. The number of benzene rings is 2. The Balaban J connectivity index is 0.000000243. The van der Waals surface area contributed by atoms with Gasteiger partial charge in [-0.05, 0) is 43.2 Å². The van der Waals surface area contributed by atoms with Crippen LogP contribution in [0.4, 0.5) is 9.59 Å². The predicted molar refractivity (Wildman–Crippen MR) is 170 cm³/mol. The fraction of sp³-hybridized carbons (Fsp3) is 0.514. The number of nitrogens with zero attached hydrogens (tertiary/aromatic N) is 1. The fourth-order valence-electron chi connectivity index (χ4n) is 4.56. The van der Waals surface area contributed by atoms with Gasteiger partial charge in [-0.1, -0.05) is 101 Å². The van der Waals surface area contributed by atoms with E-state index in [9.17, 15) is 24.0 Å². The van der Waals surface area contributed by atoms with Crippen LogP contribution in [0, 0.1) is 0 Å². The van der Waals surface area contributed by atoms with Gasteiger partial charge in [0.05, 0.1) is 12.1 Å². The van der Waals surface area contributed by atoms with Gasteiger partial charge in [0.1, 0.15) is 13.2 Å². The molecule has 246 valence electrons. The molecule has 0 aromatic heterocycles. The number of hydrogen-bond donors (Lipinski definition) is 1. The Kier molecular flexibility index (Phi) is 17.7. The van der Waals surface area contributed by atoms with Crippen LogP contribution in [-0.2, 0) is 41.4 Å². The van der Waals surface area contributed by atoms with E-state index in [-0.39, 0.29) is 36.0 Å². The number of alkyl carbamates (subject to hydrolysis) is 1. The standard InChI is InChI=1S/C15H19NO3.C10H11NO2.C10H18O3/c1-2-3-9-14(17)16-13(11-19-15(16)18)10-12-7-5-4-6-8-12;12-10-11-9(7-13-10)6-8-4-2-1-3-5-8;1-3-5-7-9(11)13-10(12)8-6-4-2/h4-8,13H,2-3,9-11H2,1H3;1-5,9H,6-7H2,(H,11,12);3-8H2,1-2H3/t13-;9-;/m00./s1. The lowest BCUT2D eigenvalue weighted by molar-refractivity contribution is -0.159. The monoisotopic (exact) mass is 624 g/mol. The van der Waals surface area contributed by atoms with Crippen molar-refractivity contribution < 1.29 is 38.2 Å².